The Kier molecular flexibility index (Phi) is 9.57. The summed E-state index contributed by atoms with van der Waals surface area (Å²) in [4.78, 5) is 28.1. The SMILES string of the molecule is CCNC(=O)C(C)N(Cc1ccc(C)cc1)C(=O)CN(c1ccc(C)c(Cl)c1)S(=O)(=O)c1ccc(C)cc1. The van der Waals surface area contributed by atoms with Crippen LogP contribution in [-0.2, 0) is 26.2 Å². The molecular weight excluding hydrogens is 522 g/mol. The van der Waals surface area contributed by atoms with E-state index in [-0.39, 0.29) is 23.0 Å². The minimum Gasteiger partial charge on any atom is -0.355 e. The van der Waals surface area contributed by atoms with Crippen LogP contribution in [0, 0.1) is 20.8 Å². The van der Waals surface area contributed by atoms with Gasteiger partial charge in [-0.3, -0.25) is 13.9 Å². The van der Waals surface area contributed by atoms with E-state index >= 15 is 0 Å². The number of nitrogens with one attached hydrogen (secondary N) is 1. The zero-order chi connectivity index (χ0) is 28.0. The fourth-order valence-corrected chi connectivity index (χ4v) is 5.48. The Morgan fingerprint density at radius 1 is 0.921 bits per heavy atom. The summed E-state index contributed by atoms with van der Waals surface area (Å²) in [5.74, 6) is -0.837. The molecule has 1 N–H and O–H groups in total. The van der Waals surface area contributed by atoms with Gasteiger partial charge in [0.1, 0.15) is 12.6 Å². The van der Waals surface area contributed by atoms with Gasteiger partial charge in [-0.1, -0.05) is 65.2 Å². The molecule has 0 aliphatic heterocycles. The second kappa shape index (κ2) is 12.5. The molecule has 202 valence electrons. The van der Waals surface area contributed by atoms with Crippen LogP contribution in [0.2, 0.25) is 5.02 Å². The molecule has 3 aromatic rings. The van der Waals surface area contributed by atoms with Gasteiger partial charge in [-0.25, -0.2) is 8.42 Å². The van der Waals surface area contributed by atoms with Crippen LogP contribution in [-0.4, -0.2) is 44.3 Å². The average molecular weight is 556 g/mol. The van der Waals surface area contributed by atoms with Gasteiger partial charge in [0.25, 0.3) is 10.0 Å². The maximum Gasteiger partial charge on any atom is 0.264 e. The largest absolute Gasteiger partial charge is 0.355 e. The maximum atomic E-state index is 13.8. The van der Waals surface area contributed by atoms with E-state index < -0.39 is 28.5 Å². The standard InChI is InChI=1S/C29H34ClN3O4S/c1-6-31-29(35)23(5)32(18-24-12-7-20(2)8-13-24)28(34)19-33(25-14-11-22(4)27(30)17-25)38(36,37)26-15-9-21(3)10-16-26/h7-17,23H,6,18-19H2,1-5H3,(H,31,35). The summed E-state index contributed by atoms with van der Waals surface area (Å²) < 4.78 is 28.7. The number of nitrogens with zero attached hydrogens (tertiary/aromatic N) is 2. The number of likely N-dealkylation sites (N-methyl/N-ethyl adjacent to an activating group) is 1. The quantitative estimate of drug-likeness (QED) is 0.381. The van der Waals surface area contributed by atoms with Gasteiger partial charge >= 0.3 is 0 Å². The van der Waals surface area contributed by atoms with Gasteiger partial charge in [0.2, 0.25) is 11.8 Å². The highest BCUT2D eigenvalue weighted by Gasteiger charge is 2.32. The Bertz CT molecular complexity index is 1390. The highest BCUT2D eigenvalue weighted by Crippen LogP contribution is 2.28. The van der Waals surface area contributed by atoms with E-state index in [9.17, 15) is 18.0 Å². The molecular formula is C29H34ClN3O4S. The lowest BCUT2D eigenvalue weighted by molar-refractivity contribution is -0.139. The Labute approximate surface area is 230 Å². The Morgan fingerprint density at radius 2 is 1.50 bits per heavy atom. The predicted octanol–water partition coefficient (Wildman–Crippen LogP) is 5.01. The zero-order valence-electron chi connectivity index (χ0n) is 22.4. The Morgan fingerprint density at radius 3 is 2.05 bits per heavy atom. The number of carbonyl (C=O) groups excluding carboxylic acids is 2. The van der Waals surface area contributed by atoms with Crippen molar-refractivity contribution in [1.82, 2.24) is 10.2 Å². The number of anilines is 1. The van der Waals surface area contributed by atoms with Crippen LogP contribution in [0.15, 0.2) is 71.6 Å². The number of halogens is 1. The lowest BCUT2D eigenvalue weighted by Gasteiger charge is -2.32. The smallest absolute Gasteiger partial charge is 0.264 e. The van der Waals surface area contributed by atoms with Crippen LogP contribution in [0.3, 0.4) is 0 Å². The summed E-state index contributed by atoms with van der Waals surface area (Å²) >= 11 is 6.35. The molecule has 1 unspecified atom stereocenters. The zero-order valence-corrected chi connectivity index (χ0v) is 23.9. The number of amides is 2. The normalized spacial score (nSPS) is 12.1. The van der Waals surface area contributed by atoms with Crippen molar-refractivity contribution in [3.63, 3.8) is 0 Å². The summed E-state index contributed by atoms with van der Waals surface area (Å²) in [6.45, 7) is 9.12. The van der Waals surface area contributed by atoms with Crippen LogP contribution in [0.25, 0.3) is 0 Å². The summed E-state index contributed by atoms with van der Waals surface area (Å²) in [6.07, 6.45) is 0. The first-order valence-electron chi connectivity index (χ1n) is 12.4. The third-order valence-electron chi connectivity index (χ3n) is 6.32. The molecule has 0 fully saturated rings. The summed E-state index contributed by atoms with van der Waals surface area (Å²) in [7, 11) is -4.14. The molecule has 0 saturated carbocycles. The van der Waals surface area contributed by atoms with Gasteiger partial charge < -0.3 is 10.2 Å². The minimum absolute atomic E-state index is 0.0504. The van der Waals surface area contributed by atoms with Crippen LogP contribution < -0.4 is 9.62 Å². The van der Waals surface area contributed by atoms with E-state index in [4.69, 9.17) is 11.6 Å². The van der Waals surface area contributed by atoms with Crippen molar-refractivity contribution in [3.8, 4) is 0 Å². The molecule has 0 aliphatic carbocycles. The van der Waals surface area contributed by atoms with Gasteiger partial charge in [0.15, 0.2) is 0 Å². The summed E-state index contributed by atoms with van der Waals surface area (Å²) in [5.41, 5.74) is 3.84. The van der Waals surface area contributed by atoms with Crippen molar-refractivity contribution in [2.75, 3.05) is 17.4 Å². The molecule has 0 radical (unpaired) electrons. The third kappa shape index (κ3) is 6.94. The fourth-order valence-electron chi connectivity index (χ4n) is 3.90. The van der Waals surface area contributed by atoms with E-state index in [1.54, 1.807) is 38.1 Å². The molecule has 38 heavy (non-hydrogen) atoms. The molecule has 0 aromatic heterocycles. The molecule has 0 bridgehead atoms. The molecule has 0 saturated heterocycles. The predicted molar refractivity (Wildman–Crippen MR) is 152 cm³/mol. The van der Waals surface area contributed by atoms with Crippen molar-refractivity contribution in [2.24, 2.45) is 0 Å². The van der Waals surface area contributed by atoms with E-state index in [0.717, 1.165) is 26.6 Å². The molecule has 0 spiro atoms. The number of hydrogen-bond acceptors (Lipinski definition) is 4. The molecule has 3 aromatic carbocycles. The van der Waals surface area contributed by atoms with Gasteiger partial charge in [0.05, 0.1) is 10.6 Å². The van der Waals surface area contributed by atoms with Crippen LogP contribution in [0.5, 0.6) is 0 Å². The van der Waals surface area contributed by atoms with Crippen LogP contribution in [0.4, 0.5) is 5.69 Å². The molecule has 7 nitrogen and oxygen atoms in total. The minimum atomic E-state index is -4.14. The molecule has 3 rings (SSSR count). The average Bonchev–Trinajstić information content (AvgIpc) is 2.88. The van der Waals surface area contributed by atoms with E-state index in [1.807, 2.05) is 45.0 Å². The monoisotopic (exact) mass is 555 g/mol. The summed E-state index contributed by atoms with van der Waals surface area (Å²) in [6, 6.07) is 18.1. The highest BCUT2D eigenvalue weighted by atomic mass is 35.5. The first kappa shape index (κ1) is 29.2. The number of rotatable bonds is 10. The molecule has 9 heteroatoms. The second-order valence-corrected chi connectivity index (χ2v) is 11.6. The number of hydrogen-bond donors (Lipinski definition) is 1. The van der Waals surface area contributed by atoms with Crippen molar-refractivity contribution in [3.05, 3.63) is 94.0 Å². The van der Waals surface area contributed by atoms with Crippen molar-refractivity contribution in [2.45, 2.75) is 52.1 Å². The third-order valence-corrected chi connectivity index (χ3v) is 8.52. The lowest BCUT2D eigenvalue weighted by Crippen LogP contribution is -2.51. The second-order valence-electron chi connectivity index (χ2n) is 9.34. The number of carbonyl (C=O) groups is 2. The van der Waals surface area contributed by atoms with Crippen molar-refractivity contribution >= 4 is 39.1 Å². The topological polar surface area (TPSA) is 86.8 Å². The first-order chi connectivity index (χ1) is 17.9. The fraction of sp³-hybridized carbons (Fsp3) is 0.310. The first-order valence-corrected chi connectivity index (χ1v) is 14.2. The van der Waals surface area contributed by atoms with Crippen molar-refractivity contribution < 1.29 is 18.0 Å². The van der Waals surface area contributed by atoms with Gasteiger partial charge in [-0.15, -0.1) is 0 Å². The molecule has 0 aliphatic rings. The van der Waals surface area contributed by atoms with Crippen LogP contribution >= 0.6 is 11.6 Å². The Balaban J connectivity index is 2.05. The van der Waals surface area contributed by atoms with Crippen LogP contribution in [0.1, 0.15) is 36.1 Å². The van der Waals surface area contributed by atoms with Gasteiger partial charge in [-0.2, -0.15) is 0 Å². The van der Waals surface area contributed by atoms with E-state index in [2.05, 4.69) is 5.32 Å². The lowest BCUT2D eigenvalue weighted by atomic mass is 10.1. The highest BCUT2D eigenvalue weighted by molar-refractivity contribution is 7.92. The Hall–Kier alpha value is -3.36. The van der Waals surface area contributed by atoms with Gasteiger partial charge in [-0.05, 0) is 70.0 Å². The number of benzene rings is 3. The molecule has 2 amide bonds. The van der Waals surface area contributed by atoms with E-state index in [1.165, 1.54) is 23.1 Å². The summed E-state index contributed by atoms with van der Waals surface area (Å²) in [5, 5.41) is 3.13. The van der Waals surface area contributed by atoms with E-state index in [0.29, 0.717) is 11.6 Å². The van der Waals surface area contributed by atoms with Gasteiger partial charge in [0, 0.05) is 18.1 Å². The van der Waals surface area contributed by atoms with Crippen molar-refractivity contribution in [1.29, 1.82) is 0 Å². The maximum absolute atomic E-state index is 13.8. The number of aryl methyl sites for hydroxylation is 3. The molecule has 1 atom stereocenters. The number of sulfonamides is 1. The molecule has 0 heterocycles.